The predicted molar refractivity (Wildman–Crippen MR) is 72.5 cm³/mol. The Balaban J connectivity index is 2.09. The maximum absolute atomic E-state index is 11.2. The number of hydrogen-bond donors (Lipinski definition) is 2. The smallest absolute Gasteiger partial charge is 0.275 e. The molecule has 0 spiro atoms. The van der Waals surface area contributed by atoms with Gasteiger partial charge in [0.15, 0.2) is 0 Å². The van der Waals surface area contributed by atoms with E-state index in [4.69, 9.17) is 23.2 Å². The van der Waals surface area contributed by atoms with Crippen LogP contribution in [0, 0.1) is 0 Å². The number of hydrazone groups is 1. The van der Waals surface area contributed by atoms with E-state index in [1.165, 1.54) is 6.20 Å². The third-order valence-electron chi connectivity index (χ3n) is 2.06. The van der Waals surface area contributed by atoms with E-state index in [1.54, 1.807) is 18.3 Å². The summed E-state index contributed by atoms with van der Waals surface area (Å²) >= 11 is 11.5. The monoisotopic (exact) mass is 282 g/mol. The number of nitrogens with one attached hydrogen (secondary N) is 2. The minimum Gasteiger partial charge on any atom is -0.275 e. The highest BCUT2D eigenvalue weighted by Gasteiger charge is 2.02. The van der Waals surface area contributed by atoms with Crippen LogP contribution in [0.1, 0.15) is 5.56 Å². The lowest BCUT2D eigenvalue weighted by atomic mass is 10.2. The molecular weight excluding hydrogens is 275 g/mol. The fraction of sp³-hybridized carbons (Fsp3) is 0. The third-order valence-corrected chi connectivity index (χ3v) is 2.69. The lowest BCUT2D eigenvalue weighted by Crippen LogP contribution is -2.10. The Morgan fingerprint density at radius 3 is 2.72 bits per heavy atom. The Morgan fingerprint density at radius 2 is 2.00 bits per heavy atom. The summed E-state index contributed by atoms with van der Waals surface area (Å²) in [4.78, 5) is 11.2. The van der Waals surface area contributed by atoms with Gasteiger partial charge in [0.05, 0.1) is 12.4 Å². The molecule has 18 heavy (non-hydrogen) atoms. The van der Waals surface area contributed by atoms with Crippen LogP contribution in [0.5, 0.6) is 0 Å². The van der Waals surface area contributed by atoms with Gasteiger partial charge in [0, 0.05) is 5.02 Å². The Labute approximate surface area is 112 Å². The molecule has 0 saturated carbocycles. The minimum absolute atomic E-state index is 0.0123. The maximum atomic E-state index is 11.2. The van der Waals surface area contributed by atoms with Gasteiger partial charge in [-0.1, -0.05) is 35.3 Å². The quantitative estimate of drug-likeness (QED) is 0.671. The number of nitrogens with zero attached hydrogens (tertiary/aromatic N) is 2. The molecule has 1 aromatic carbocycles. The topological polar surface area (TPSA) is 70.1 Å². The molecule has 0 unspecified atom stereocenters. The average molecular weight is 283 g/mol. The fourth-order valence-corrected chi connectivity index (χ4v) is 1.45. The summed E-state index contributed by atoms with van der Waals surface area (Å²) in [5, 5.41) is 10.4. The van der Waals surface area contributed by atoms with Gasteiger partial charge in [-0.15, -0.1) is 0 Å². The van der Waals surface area contributed by atoms with Crippen molar-refractivity contribution in [3.63, 3.8) is 0 Å². The summed E-state index contributed by atoms with van der Waals surface area (Å²) in [6.45, 7) is 0. The number of rotatable bonds is 3. The molecule has 0 aliphatic carbocycles. The summed E-state index contributed by atoms with van der Waals surface area (Å²) in [6, 6.07) is 7.13. The second kappa shape index (κ2) is 5.66. The van der Waals surface area contributed by atoms with E-state index in [2.05, 4.69) is 20.7 Å². The van der Waals surface area contributed by atoms with Crippen molar-refractivity contribution in [1.29, 1.82) is 0 Å². The van der Waals surface area contributed by atoms with Crippen molar-refractivity contribution in [3.8, 4) is 0 Å². The van der Waals surface area contributed by atoms with Gasteiger partial charge in [0.2, 0.25) is 0 Å². The second-order valence-electron chi connectivity index (χ2n) is 3.35. The molecule has 1 heterocycles. The highest BCUT2D eigenvalue weighted by Crippen LogP contribution is 2.14. The zero-order valence-corrected chi connectivity index (χ0v) is 10.5. The molecule has 1 aromatic heterocycles. The van der Waals surface area contributed by atoms with E-state index >= 15 is 0 Å². The van der Waals surface area contributed by atoms with Crippen LogP contribution in [0.15, 0.2) is 40.4 Å². The summed E-state index contributed by atoms with van der Waals surface area (Å²) in [7, 11) is 0. The Morgan fingerprint density at radius 1 is 1.28 bits per heavy atom. The van der Waals surface area contributed by atoms with E-state index < -0.39 is 5.56 Å². The standard InChI is InChI=1S/C11H8Cl2N4O/c12-8-3-1-7(2-4-8)5-14-16-9-6-15-17-11(18)10(9)13/h1-6H,(H2,16,17,18)/b14-5-. The molecule has 0 aliphatic rings. The molecule has 7 heteroatoms. The minimum atomic E-state index is -0.469. The first-order chi connectivity index (χ1) is 8.66. The average Bonchev–Trinajstić information content (AvgIpc) is 2.37. The highest BCUT2D eigenvalue weighted by atomic mass is 35.5. The van der Waals surface area contributed by atoms with Crippen molar-refractivity contribution in [3.05, 3.63) is 56.4 Å². The first-order valence-electron chi connectivity index (χ1n) is 4.94. The third kappa shape index (κ3) is 3.09. The lowest BCUT2D eigenvalue weighted by Gasteiger charge is -2.00. The number of aromatic amines is 1. The lowest BCUT2D eigenvalue weighted by molar-refractivity contribution is 0.987. The van der Waals surface area contributed by atoms with Crippen LogP contribution in [0.2, 0.25) is 10.0 Å². The van der Waals surface area contributed by atoms with E-state index in [0.29, 0.717) is 10.7 Å². The number of hydrogen-bond acceptors (Lipinski definition) is 4. The maximum Gasteiger partial charge on any atom is 0.285 e. The van der Waals surface area contributed by atoms with Crippen LogP contribution < -0.4 is 11.0 Å². The number of benzene rings is 1. The first-order valence-corrected chi connectivity index (χ1v) is 5.70. The summed E-state index contributed by atoms with van der Waals surface area (Å²) in [6.07, 6.45) is 2.96. The molecule has 0 aliphatic heterocycles. The van der Waals surface area contributed by atoms with E-state index in [-0.39, 0.29) is 5.02 Å². The Hall–Kier alpha value is -1.85. The van der Waals surface area contributed by atoms with Gasteiger partial charge in [-0.25, -0.2) is 5.10 Å². The molecule has 92 valence electrons. The molecule has 2 aromatic rings. The van der Waals surface area contributed by atoms with E-state index in [0.717, 1.165) is 5.56 Å². The zero-order chi connectivity index (χ0) is 13.0. The number of aromatic nitrogens is 2. The van der Waals surface area contributed by atoms with Crippen LogP contribution in [-0.2, 0) is 0 Å². The van der Waals surface area contributed by atoms with Gasteiger partial charge in [-0.2, -0.15) is 10.2 Å². The molecule has 0 amide bonds. The van der Waals surface area contributed by atoms with Crippen LogP contribution in [0.25, 0.3) is 0 Å². The number of H-pyrrole nitrogens is 1. The molecule has 2 N–H and O–H groups in total. The van der Waals surface area contributed by atoms with E-state index in [1.807, 2.05) is 12.1 Å². The van der Waals surface area contributed by atoms with Crippen molar-refractivity contribution < 1.29 is 0 Å². The molecule has 0 saturated heterocycles. The van der Waals surface area contributed by atoms with Crippen LogP contribution >= 0.6 is 23.2 Å². The summed E-state index contributed by atoms with van der Waals surface area (Å²) in [5.74, 6) is 0. The molecule has 5 nitrogen and oxygen atoms in total. The van der Waals surface area contributed by atoms with Gasteiger partial charge >= 0.3 is 0 Å². The molecule has 2 rings (SSSR count). The Kier molecular flexibility index (Phi) is 3.96. The molecular formula is C11H8Cl2N4O. The number of anilines is 1. The second-order valence-corrected chi connectivity index (χ2v) is 4.16. The van der Waals surface area contributed by atoms with E-state index in [9.17, 15) is 4.79 Å². The molecule has 0 fully saturated rings. The van der Waals surface area contributed by atoms with Crippen molar-refractivity contribution >= 4 is 35.1 Å². The Bertz CT molecular complexity index is 622. The largest absolute Gasteiger partial charge is 0.285 e. The van der Waals surface area contributed by atoms with Gasteiger partial charge in [0.1, 0.15) is 10.7 Å². The molecule has 0 atom stereocenters. The van der Waals surface area contributed by atoms with Crippen molar-refractivity contribution in [2.45, 2.75) is 0 Å². The van der Waals surface area contributed by atoms with Crippen LogP contribution in [0.3, 0.4) is 0 Å². The van der Waals surface area contributed by atoms with Crippen LogP contribution in [0.4, 0.5) is 5.69 Å². The predicted octanol–water partition coefficient (Wildman–Crippen LogP) is 2.52. The van der Waals surface area contributed by atoms with Crippen molar-refractivity contribution in [2.75, 3.05) is 5.43 Å². The zero-order valence-electron chi connectivity index (χ0n) is 9.02. The molecule has 0 radical (unpaired) electrons. The summed E-state index contributed by atoms with van der Waals surface area (Å²) < 4.78 is 0. The summed E-state index contributed by atoms with van der Waals surface area (Å²) in [5.41, 5.74) is 3.37. The SMILES string of the molecule is O=c1[nH]ncc(N/N=C\c2ccc(Cl)cc2)c1Cl. The van der Waals surface area contributed by atoms with Crippen molar-refractivity contribution in [1.82, 2.24) is 10.2 Å². The van der Waals surface area contributed by atoms with Gasteiger partial charge in [-0.05, 0) is 17.7 Å². The number of halogens is 2. The van der Waals surface area contributed by atoms with Gasteiger partial charge < -0.3 is 0 Å². The first kappa shape index (κ1) is 12.6. The van der Waals surface area contributed by atoms with Gasteiger partial charge in [-0.3, -0.25) is 10.2 Å². The van der Waals surface area contributed by atoms with Gasteiger partial charge in [0.25, 0.3) is 5.56 Å². The highest BCUT2D eigenvalue weighted by molar-refractivity contribution is 6.32. The van der Waals surface area contributed by atoms with Crippen molar-refractivity contribution in [2.24, 2.45) is 5.10 Å². The van der Waals surface area contributed by atoms with Crippen LogP contribution in [-0.4, -0.2) is 16.4 Å². The molecule has 0 bridgehead atoms. The normalized spacial score (nSPS) is 10.8. The fourth-order valence-electron chi connectivity index (χ4n) is 1.19.